The van der Waals surface area contributed by atoms with E-state index >= 15 is 0 Å². The molecule has 0 saturated heterocycles. The molecule has 0 aliphatic rings. The van der Waals surface area contributed by atoms with Gasteiger partial charge in [-0.05, 0) is 19.4 Å². The molecule has 0 aromatic heterocycles. The second-order valence-corrected chi connectivity index (χ2v) is 7.75. The van der Waals surface area contributed by atoms with E-state index < -0.39 is 8.07 Å². The molecule has 2 N–H and O–H groups in total. The number of esters is 1. The van der Waals surface area contributed by atoms with Gasteiger partial charge in [-0.25, -0.2) is 0 Å². The van der Waals surface area contributed by atoms with E-state index in [-0.39, 0.29) is 17.9 Å². The van der Waals surface area contributed by atoms with E-state index in [9.17, 15) is 14.4 Å². The molecule has 0 fully saturated rings. The molecule has 0 unspecified atom stereocenters. The monoisotopic (exact) mass is 246 g/mol. The van der Waals surface area contributed by atoms with Gasteiger partial charge < -0.3 is 19.8 Å². The van der Waals surface area contributed by atoms with E-state index in [4.69, 9.17) is 4.74 Å². The average molecular weight is 246 g/mol. The number of hydrogen-bond donors (Lipinski definition) is 0. The summed E-state index contributed by atoms with van der Waals surface area (Å²) >= 11 is 0. The van der Waals surface area contributed by atoms with Crippen molar-refractivity contribution in [3.8, 4) is 0 Å². The first kappa shape index (κ1) is 17.1. The minimum atomic E-state index is -2.40. The van der Waals surface area contributed by atoms with E-state index in [1.165, 1.54) is 0 Å². The Morgan fingerprint density at radius 3 is 2.25 bits per heavy atom. The first-order valence-electron chi connectivity index (χ1n) is 4.72. The zero-order chi connectivity index (χ0) is 11.9. The first-order chi connectivity index (χ1) is 6.93. The second kappa shape index (κ2) is 7.95. The van der Waals surface area contributed by atoms with Gasteiger partial charge in [-0.1, -0.05) is 13.1 Å². The third-order valence-electron chi connectivity index (χ3n) is 1.92. The van der Waals surface area contributed by atoms with Crippen molar-refractivity contribution in [3.63, 3.8) is 0 Å². The fourth-order valence-corrected chi connectivity index (χ4v) is 2.23. The molecule has 92 valence electrons. The third kappa shape index (κ3) is 7.08. The lowest BCUT2D eigenvalue weighted by atomic mass is 10.3. The maximum Gasteiger partial charge on any atom is 0.310 e. The summed E-state index contributed by atoms with van der Waals surface area (Å²) in [7, 11) is -2.40. The Kier molecular flexibility index (Phi) is 8.51. The predicted molar refractivity (Wildman–Crippen MR) is 63.7 cm³/mol. The maximum absolute atomic E-state index is 11.1. The van der Waals surface area contributed by atoms with Crippen LogP contribution in [-0.4, -0.2) is 31.3 Å². The van der Waals surface area contributed by atoms with Gasteiger partial charge in [0.05, 0.1) is 5.76 Å². The number of hydrogen-bond acceptors (Lipinski definition) is 4. The van der Waals surface area contributed by atoms with Crippen molar-refractivity contribution >= 4 is 25.9 Å². The molecule has 0 aliphatic carbocycles. The lowest BCUT2D eigenvalue weighted by Gasteiger charge is -2.10. The molecule has 0 heterocycles. The van der Waals surface area contributed by atoms with Crippen LogP contribution in [0.25, 0.3) is 0 Å². The van der Waals surface area contributed by atoms with Crippen LogP contribution in [0.1, 0.15) is 19.8 Å². The Hall–Kier alpha value is -1.27. The predicted octanol–water partition coefficient (Wildman–Crippen LogP) is 0.641. The number of carbonyl (C=O) groups excluding carboxylic acids is 3. The molecule has 5 nitrogen and oxygen atoms in total. The average Bonchev–Trinajstić information content (AvgIpc) is 2.16. The third-order valence-corrected chi connectivity index (χ3v) is 4.43. The minimum absolute atomic E-state index is 0. The van der Waals surface area contributed by atoms with Crippen LogP contribution in [0.4, 0.5) is 0 Å². The molecule has 0 bridgehead atoms. The van der Waals surface area contributed by atoms with Gasteiger partial charge >= 0.3 is 5.97 Å². The Balaban J connectivity index is 0. The lowest BCUT2D eigenvalue weighted by Crippen LogP contribution is -2.35. The van der Waals surface area contributed by atoms with E-state index in [0.29, 0.717) is 18.2 Å². The fourth-order valence-electron chi connectivity index (χ4n) is 1.00. The van der Waals surface area contributed by atoms with E-state index in [1.54, 1.807) is 13.5 Å². The lowest BCUT2D eigenvalue weighted by molar-refractivity contribution is -0.139. The zero-order valence-electron chi connectivity index (χ0n) is 9.62. The largest absolute Gasteiger partial charge is 0.432 e. The SMILES string of the molecule is C=C(C)OC(=O)CCC[Si](C)(C=O)C=O.O. The van der Waals surface area contributed by atoms with Crippen LogP contribution in [0.2, 0.25) is 12.6 Å². The molecule has 0 rings (SSSR count). The number of rotatable bonds is 7. The smallest absolute Gasteiger partial charge is 0.310 e. The standard InChI is InChI=1S/C10H16O4Si.H2O/c1-9(2)14-10(13)5-4-6-15(3,7-11)8-12;/h7-8H,1,4-6H2,2-3H3;1H2. The van der Waals surface area contributed by atoms with Crippen molar-refractivity contribution in [3.05, 3.63) is 12.3 Å². The van der Waals surface area contributed by atoms with E-state index in [2.05, 4.69) is 6.58 Å². The van der Waals surface area contributed by atoms with Gasteiger partial charge in [0.15, 0.2) is 8.07 Å². The molecule has 6 heteroatoms. The zero-order valence-corrected chi connectivity index (χ0v) is 10.6. The van der Waals surface area contributed by atoms with Crippen LogP contribution in [0, 0.1) is 0 Å². The van der Waals surface area contributed by atoms with Gasteiger partial charge in [0, 0.05) is 6.42 Å². The molecule has 0 aliphatic heterocycles. The summed E-state index contributed by atoms with van der Waals surface area (Å²) in [6, 6.07) is 0.491. The van der Waals surface area contributed by atoms with Gasteiger partial charge in [0.1, 0.15) is 11.8 Å². The van der Waals surface area contributed by atoms with Crippen LogP contribution in [0.15, 0.2) is 12.3 Å². The topological polar surface area (TPSA) is 91.9 Å². The number of carbonyl (C=O) groups is 3. The fraction of sp³-hybridized carbons (Fsp3) is 0.500. The van der Waals surface area contributed by atoms with E-state index in [1.807, 2.05) is 0 Å². The molecule has 0 radical (unpaired) electrons. The summed E-state index contributed by atoms with van der Waals surface area (Å²) in [5.74, 6) is 1.47. The maximum atomic E-state index is 11.1. The highest BCUT2D eigenvalue weighted by atomic mass is 28.3. The van der Waals surface area contributed by atoms with Crippen LogP contribution in [0.5, 0.6) is 0 Å². The summed E-state index contributed by atoms with van der Waals surface area (Å²) in [5, 5.41) is 0. The molecule has 0 atom stereocenters. The van der Waals surface area contributed by atoms with Gasteiger partial charge in [0.25, 0.3) is 0 Å². The summed E-state index contributed by atoms with van der Waals surface area (Å²) < 4.78 is 4.74. The molecule has 0 saturated carbocycles. The van der Waals surface area contributed by atoms with E-state index in [0.717, 1.165) is 11.8 Å². The normalized spacial score (nSPS) is 9.88. The quantitative estimate of drug-likeness (QED) is 0.285. The summed E-state index contributed by atoms with van der Waals surface area (Å²) in [5.41, 5.74) is 0. The van der Waals surface area contributed by atoms with Gasteiger partial charge in [-0.3, -0.25) is 4.79 Å². The van der Waals surface area contributed by atoms with Crippen molar-refractivity contribution in [2.45, 2.75) is 32.4 Å². The van der Waals surface area contributed by atoms with Crippen LogP contribution >= 0.6 is 0 Å². The molecular formula is C10H18O5Si. The van der Waals surface area contributed by atoms with Crippen LogP contribution < -0.4 is 0 Å². The molecule has 0 aromatic carbocycles. The van der Waals surface area contributed by atoms with Gasteiger partial charge in [-0.2, -0.15) is 0 Å². The Bertz CT molecular complexity index is 266. The molecule has 0 spiro atoms. The number of ether oxygens (including phenoxy) is 1. The van der Waals surface area contributed by atoms with Crippen molar-refractivity contribution in [2.75, 3.05) is 0 Å². The molecule has 16 heavy (non-hydrogen) atoms. The summed E-state index contributed by atoms with van der Waals surface area (Å²) in [6.07, 6.45) is 0.726. The summed E-state index contributed by atoms with van der Waals surface area (Å²) in [4.78, 5) is 32.3. The highest BCUT2D eigenvalue weighted by molar-refractivity contribution is 7.17. The molecule has 0 aromatic rings. The van der Waals surface area contributed by atoms with Crippen molar-refractivity contribution < 1.29 is 24.6 Å². The second-order valence-electron chi connectivity index (χ2n) is 3.77. The number of allylic oxidation sites excluding steroid dienone is 1. The van der Waals surface area contributed by atoms with Gasteiger partial charge in [0.2, 0.25) is 0 Å². The van der Waals surface area contributed by atoms with Gasteiger partial charge in [-0.15, -0.1) is 0 Å². The highest BCUT2D eigenvalue weighted by Gasteiger charge is 2.26. The van der Waals surface area contributed by atoms with Crippen molar-refractivity contribution in [2.24, 2.45) is 0 Å². The molecule has 0 amide bonds. The molecular weight excluding hydrogens is 228 g/mol. The van der Waals surface area contributed by atoms with Crippen molar-refractivity contribution in [1.29, 1.82) is 0 Å². The Morgan fingerprint density at radius 1 is 1.38 bits per heavy atom. The van der Waals surface area contributed by atoms with Crippen LogP contribution in [-0.2, 0) is 19.1 Å². The Morgan fingerprint density at radius 2 is 1.88 bits per heavy atom. The van der Waals surface area contributed by atoms with Crippen molar-refractivity contribution in [1.82, 2.24) is 0 Å². The first-order valence-corrected chi connectivity index (χ1v) is 7.58. The van der Waals surface area contributed by atoms with Crippen LogP contribution in [0.3, 0.4) is 0 Å². The Labute approximate surface area is 95.8 Å². The highest BCUT2D eigenvalue weighted by Crippen LogP contribution is 2.10. The summed E-state index contributed by atoms with van der Waals surface area (Å²) in [6.45, 7) is 6.71. The minimum Gasteiger partial charge on any atom is -0.432 e.